The van der Waals surface area contributed by atoms with Gasteiger partial charge in [-0.2, -0.15) is 0 Å². The Balaban J connectivity index is 2.05. The lowest BCUT2D eigenvalue weighted by Gasteiger charge is -2.30. The molecule has 1 N–H and O–H groups in total. The number of likely N-dealkylation sites (tertiary alicyclic amines) is 1. The van der Waals surface area contributed by atoms with Crippen molar-refractivity contribution < 1.29 is 0 Å². The Morgan fingerprint density at radius 3 is 2.57 bits per heavy atom. The van der Waals surface area contributed by atoms with Crippen LogP contribution < -0.4 is 5.32 Å². The monoisotopic (exact) mass is 288 g/mol. The van der Waals surface area contributed by atoms with E-state index in [2.05, 4.69) is 63.2 Å². The predicted octanol–water partition coefficient (Wildman–Crippen LogP) is 4.69. The molecule has 0 amide bonds. The quantitative estimate of drug-likeness (QED) is 0.845. The van der Waals surface area contributed by atoms with Gasteiger partial charge in [0, 0.05) is 18.8 Å². The van der Waals surface area contributed by atoms with Crippen LogP contribution in [0.2, 0.25) is 0 Å². The highest BCUT2D eigenvalue weighted by Crippen LogP contribution is 2.29. The number of hydrogen-bond acceptors (Lipinski definition) is 2. The van der Waals surface area contributed by atoms with Crippen molar-refractivity contribution in [3.05, 3.63) is 29.3 Å². The molecule has 0 spiro atoms. The summed E-state index contributed by atoms with van der Waals surface area (Å²) in [4.78, 5) is 2.46. The number of nitrogens with zero attached hydrogens (tertiary/aromatic N) is 1. The molecule has 2 rings (SSSR count). The molecule has 118 valence electrons. The van der Waals surface area contributed by atoms with Crippen molar-refractivity contribution in [3.8, 4) is 0 Å². The van der Waals surface area contributed by atoms with Crippen molar-refractivity contribution in [3.63, 3.8) is 0 Å². The predicted molar refractivity (Wildman–Crippen MR) is 93.3 cm³/mol. The Morgan fingerprint density at radius 1 is 1.19 bits per heavy atom. The van der Waals surface area contributed by atoms with E-state index in [4.69, 9.17) is 0 Å². The lowest BCUT2D eigenvalue weighted by Crippen LogP contribution is -2.35. The minimum atomic E-state index is 0.570. The molecule has 1 aromatic rings. The van der Waals surface area contributed by atoms with Crippen molar-refractivity contribution in [2.24, 2.45) is 5.92 Å². The number of piperidine rings is 1. The Labute approximate surface area is 130 Å². The molecule has 0 aliphatic carbocycles. The maximum atomic E-state index is 3.72. The molecule has 2 nitrogen and oxygen atoms in total. The van der Waals surface area contributed by atoms with Crippen molar-refractivity contribution in [1.29, 1.82) is 0 Å². The Morgan fingerprint density at radius 2 is 1.95 bits per heavy atom. The van der Waals surface area contributed by atoms with E-state index in [0.29, 0.717) is 11.8 Å². The topological polar surface area (TPSA) is 15.3 Å². The van der Waals surface area contributed by atoms with E-state index >= 15 is 0 Å². The zero-order valence-corrected chi connectivity index (χ0v) is 14.4. The summed E-state index contributed by atoms with van der Waals surface area (Å²) >= 11 is 0. The summed E-state index contributed by atoms with van der Waals surface area (Å²) < 4.78 is 0. The van der Waals surface area contributed by atoms with Crippen LogP contribution in [-0.4, -0.2) is 31.6 Å². The van der Waals surface area contributed by atoms with Gasteiger partial charge in [-0.15, -0.1) is 0 Å². The van der Waals surface area contributed by atoms with Crippen LogP contribution in [0.25, 0.3) is 0 Å². The Bertz CT molecular complexity index is 451. The molecular formula is C19H32N2. The first-order chi connectivity index (χ1) is 9.97. The van der Waals surface area contributed by atoms with Crippen LogP contribution in [0.15, 0.2) is 18.2 Å². The van der Waals surface area contributed by atoms with E-state index in [1.807, 2.05) is 0 Å². The summed E-state index contributed by atoms with van der Waals surface area (Å²) in [6.45, 7) is 12.7. The molecule has 1 aromatic carbocycles. The van der Waals surface area contributed by atoms with E-state index < -0.39 is 0 Å². The van der Waals surface area contributed by atoms with E-state index in [0.717, 1.165) is 12.5 Å². The molecule has 1 aliphatic rings. The first-order valence-corrected chi connectivity index (χ1v) is 8.53. The molecule has 1 unspecified atom stereocenters. The largest absolute Gasteiger partial charge is 0.384 e. The fraction of sp³-hybridized carbons (Fsp3) is 0.684. The number of nitrogens with one attached hydrogen (secondary N) is 1. The lowest BCUT2D eigenvalue weighted by atomic mass is 9.93. The van der Waals surface area contributed by atoms with Gasteiger partial charge in [-0.25, -0.2) is 0 Å². The second kappa shape index (κ2) is 7.31. The van der Waals surface area contributed by atoms with Gasteiger partial charge in [0.1, 0.15) is 0 Å². The van der Waals surface area contributed by atoms with Gasteiger partial charge in [0.15, 0.2) is 0 Å². The van der Waals surface area contributed by atoms with Crippen LogP contribution in [-0.2, 0) is 0 Å². The average Bonchev–Trinajstić information content (AvgIpc) is 2.44. The third-order valence-corrected chi connectivity index (χ3v) is 4.67. The van der Waals surface area contributed by atoms with Gasteiger partial charge in [-0.1, -0.05) is 39.8 Å². The zero-order chi connectivity index (χ0) is 15.4. The highest BCUT2D eigenvalue weighted by Gasteiger charge is 2.17. The van der Waals surface area contributed by atoms with Gasteiger partial charge in [-0.05, 0) is 61.4 Å². The van der Waals surface area contributed by atoms with E-state index in [1.165, 1.54) is 42.7 Å². The summed E-state index contributed by atoms with van der Waals surface area (Å²) in [5.41, 5.74) is 4.25. The summed E-state index contributed by atoms with van der Waals surface area (Å²) in [6.07, 6.45) is 2.70. The van der Waals surface area contributed by atoms with Crippen molar-refractivity contribution >= 4 is 5.69 Å². The molecule has 0 aromatic heterocycles. The van der Waals surface area contributed by atoms with Gasteiger partial charge < -0.3 is 10.2 Å². The maximum Gasteiger partial charge on any atom is 0.0375 e. The highest BCUT2D eigenvalue weighted by atomic mass is 15.1. The van der Waals surface area contributed by atoms with Gasteiger partial charge in [-0.3, -0.25) is 0 Å². The van der Waals surface area contributed by atoms with Crippen LogP contribution in [0, 0.1) is 5.92 Å². The molecule has 0 saturated carbocycles. The average molecular weight is 288 g/mol. The smallest absolute Gasteiger partial charge is 0.0375 e. The molecule has 0 radical (unpaired) electrons. The van der Waals surface area contributed by atoms with Gasteiger partial charge >= 0.3 is 0 Å². The highest BCUT2D eigenvalue weighted by molar-refractivity contribution is 5.54. The molecule has 1 atom stereocenters. The fourth-order valence-corrected chi connectivity index (χ4v) is 3.27. The molecule has 21 heavy (non-hydrogen) atoms. The van der Waals surface area contributed by atoms with Crippen LogP contribution in [0.3, 0.4) is 0 Å². The van der Waals surface area contributed by atoms with Crippen LogP contribution in [0.4, 0.5) is 5.69 Å². The van der Waals surface area contributed by atoms with Gasteiger partial charge in [0.2, 0.25) is 0 Å². The first kappa shape index (κ1) is 16.4. The molecule has 1 fully saturated rings. The minimum Gasteiger partial charge on any atom is -0.384 e. The third kappa shape index (κ3) is 4.47. The first-order valence-electron chi connectivity index (χ1n) is 8.53. The second-order valence-corrected chi connectivity index (χ2v) is 7.31. The normalized spacial score (nSPS) is 20.2. The van der Waals surface area contributed by atoms with Crippen LogP contribution in [0.1, 0.15) is 63.5 Å². The minimum absolute atomic E-state index is 0.570. The Hall–Kier alpha value is -1.02. The van der Waals surface area contributed by atoms with Gasteiger partial charge in [0.25, 0.3) is 0 Å². The third-order valence-electron chi connectivity index (χ3n) is 4.67. The number of hydrogen-bond donors (Lipinski definition) is 1. The number of benzene rings is 1. The van der Waals surface area contributed by atoms with Crippen LogP contribution >= 0.6 is 0 Å². The SMILES string of the molecule is CC(C)c1ccc(NCC2CCCN(C)C2)c(C(C)C)c1. The van der Waals surface area contributed by atoms with Crippen molar-refractivity contribution in [2.45, 2.75) is 52.4 Å². The molecule has 2 heteroatoms. The summed E-state index contributed by atoms with van der Waals surface area (Å²) in [6, 6.07) is 6.97. The number of anilines is 1. The fourth-order valence-electron chi connectivity index (χ4n) is 3.27. The van der Waals surface area contributed by atoms with E-state index in [1.54, 1.807) is 0 Å². The van der Waals surface area contributed by atoms with E-state index in [9.17, 15) is 0 Å². The van der Waals surface area contributed by atoms with Crippen LogP contribution in [0.5, 0.6) is 0 Å². The van der Waals surface area contributed by atoms with Crippen molar-refractivity contribution in [2.75, 3.05) is 32.0 Å². The molecule has 1 saturated heterocycles. The molecule has 0 bridgehead atoms. The second-order valence-electron chi connectivity index (χ2n) is 7.31. The lowest BCUT2D eigenvalue weighted by molar-refractivity contribution is 0.217. The Kier molecular flexibility index (Phi) is 5.69. The molecule has 1 heterocycles. The zero-order valence-electron chi connectivity index (χ0n) is 14.4. The summed E-state index contributed by atoms with van der Waals surface area (Å²) in [7, 11) is 2.24. The standard InChI is InChI=1S/C19H32N2/c1-14(2)17-8-9-19(18(11-17)15(3)4)20-12-16-7-6-10-21(5)13-16/h8-9,11,14-16,20H,6-7,10,12-13H2,1-5H3. The summed E-state index contributed by atoms with van der Waals surface area (Å²) in [5.74, 6) is 1.96. The summed E-state index contributed by atoms with van der Waals surface area (Å²) in [5, 5.41) is 3.72. The van der Waals surface area contributed by atoms with E-state index in [-0.39, 0.29) is 0 Å². The molecular weight excluding hydrogens is 256 g/mol. The number of rotatable bonds is 5. The maximum absolute atomic E-state index is 3.72. The van der Waals surface area contributed by atoms with Crippen molar-refractivity contribution in [1.82, 2.24) is 4.90 Å². The van der Waals surface area contributed by atoms with Gasteiger partial charge in [0.05, 0.1) is 0 Å². The molecule has 1 aliphatic heterocycles.